The maximum absolute atomic E-state index is 11.1. The molecule has 1 saturated carbocycles. The lowest BCUT2D eigenvalue weighted by Gasteiger charge is -2.39. The fourth-order valence-electron chi connectivity index (χ4n) is 3.13. The summed E-state index contributed by atoms with van der Waals surface area (Å²) in [6.45, 7) is 8.64. The second kappa shape index (κ2) is 5.16. The van der Waals surface area contributed by atoms with E-state index in [-0.39, 0.29) is 6.04 Å². The highest BCUT2D eigenvalue weighted by atomic mass is 16.5. The summed E-state index contributed by atoms with van der Waals surface area (Å²) in [7, 11) is 1.64. The van der Waals surface area contributed by atoms with Crippen LogP contribution < -0.4 is 4.74 Å². The number of hydrogen-bond donors (Lipinski definition) is 1. The summed E-state index contributed by atoms with van der Waals surface area (Å²) < 4.78 is 7.32. The fourth-order valence-corrected chi connectivity index (χ4v) is 3.13. The summed E-state index contributed by atoms with van der Waals surface area (Å²) in [5, 5.41) is 15.5. The summed E-state index contributed by atoms with van der Waals surface area (Å²) >= 11 is 0. The molecule has 0 aromatic carbocycles. The average Bonchev–Trinajstić information content (AvgIpc) is 2.79. The van der Waals surface area contributed by atoms with E-state index in [1.807, 2.05) is 4.68 Å². The van der Waals surface area contributed by atoms with Crippen LogP contribution in [-0.4, -0.2) is 22.0 Å². The van der Waals surface area contributed by atoms with E-state index in [4.69, 9.17) is 4.74 Å². The molecule has 1 heterocycles. The molecule has 2 rings (SSSR count). The Morgan fingerprint density at radius 1 is 1.42 bits per heavy atom. The van der Waals surface area contributed by atoms with Crippen LogP contribution in [-0.2, 0) is 5.60 Å². The zero-order valence-electron chi connectivity index (χ0n) is 12.7. The molecule has 3 atom stereocenters. The molecule has 108 valence electrons. The Kier molecular flexibility index (Phi) is 3.90. The van der Waals surface area contributed by atoms with E-state index in [0.717, 1.165) is 25.0 Å². The quantitative estimate of drug-likeness (QED) is 0.914. The van der Waals surface area contributed by atoms with Crippen molar-refractivity contribution in [3.8, 4) is 5.75 Å². The lowest BCUT2D eigenvalue weighted by Crippen LogP contribution is -2.37. The summed E-state index contributed by atoms with van der Waals surface area (Å²) in [5.74, 6) is 1.89. The van der Waals surface area contributed by atoms with Crippen LogP contribution in [0.15, 0.2) is 6.20 Å². The van der Waals surface area contributed by atoms with Gasteiger partial charge in [0.2, 0.25) is 0 Å². The summed E-state index contributed by atoms with van der Waals surface area (Å²) in [5.41, 5.74) is 0.0432. The highest BCUT2D eigenvalue weighted by Crippen LogP contribution is 2.45. The van der Waals surface area contributed by atoms with Gasteiger partial charge in [0.1, 0.15) is 11.3 Å². The van der Waals surface area contributed by atoms with E-state index in [9.17, 15) is 5.11 Å². The number of aromatic nitrogens is 2. The van der Waals surface area contributed by atoms with E-state index in [1.54, 1.807) is 13.3 Å². The van der Waals surface area contributed by atoms with Crippen LogP contribution >= 0.6 is 0 Å². The number of nitrogens with zero attached hydrogens (tertiary/aromatic N) is 2. The number of hydrogen-bond acceptors (Lipinski definition) is 3. The standard InChI is InChI=1S/C15H26N2O2/c1-10(2)17-14(13(19-5)9-16-17)15(18)7-6-11(3)12(4)8-15/h9-12,18H,6-8H2,1-5H3. The van der Waals surface area contributed by atoms with Gasteiger partial charge < -0.3 is 9.84 Å². The first-order chi connectivity index (χ1) is 8.89. The molecule has 1 aromatic rings. The first-order valence-corrected chi connectivity index (χ1v) is 7.23. The van der Waals surface area contributed by atoms with E-state index < -0.39 is 5.60 Å². The van der Waals surface area contributed by atoms with Crippen molar-refractivity contribution >= 4 is 0 Å². The van der Waals surface area contributed by atoms with E-state index in [1.165, 1.54) is 0 Å². The molecule has 0 aliphatic heterocycles. The Balaban J connectivity index is 2.42. The lowest BCUT2D eigenvalue weighted by molar-refractivity contribution is -0.0427. The van der Waals surface area contributed by atoms with Gasteiger partial charge in [-0.25, -0.2) is 0 Å². The number of aliphatic hydroxyl groups is 1. The molecule has 0 bridgehead atoms. The molecular formula is C15H26N2O2. The van der Waals surface area contributed by atoms with Crippen molar-refractivity contribution < 1.29 is 9.84 Å². The topological polar surface area (TPSA) is 47.3 Å². The van der Waals surface area contributed by atoms with Crippen LogP contribution in [0, 0.1) is 11.8 Å². The van der Waals surface area contributed by atoms with Crippen molar-refractivity contribution in [1.29, 1.82) is 0 Å². The van der Waals surface area contributed by atoms with E-state index in [0.29, 0.717) is 17.6 Å². The molecule has 1 fully saturated rings. The second-order valence-electron chi connectivity index (χ2n) is 6.33. The number of ether oxygens (including phenoxy) is 1. The van der Waals surface area contributed by atoms with Gasteiger partial charge in [-0.2, -0.15) is 5.10 Å². The molecule has 4 heteroatoms. The van der Waals surface area contributed by atoms with Crippen molar-refractivity contribution in [2.45, 2.75) is 58.6 Å². The van der Waals surface area contributed by atoms with E-state index >= 15 is 0 Å². The van der Waals surface area contributed by atoms with E-state index in [2.05, 4.69) is 32.8 Å². The van der Waals surface area contributed by atoms with Gasteiger partial charge >= 0.3 is 0 Å². The number of rotatable bonds is 3. The molecule has 1 N–H and O–H groups in total. The minimum absolute atomic E-state index is 0.220. The third-order valence-electron chi connectivity index (χ3n) is 4.56. The van der Waals surface area contributed by atoms with Crippen LogP contribution in [0.3, 0.4) is 0 Å². The first kappa shape index (κ1) is 14.4. The average molecular weight is 266 g/mol. The minimum atomic E-state index is -0.808. The second-order valence-corrected chi connectivity index (χ2v) is 6.33. The highest BCUT2D eigenvalue weighted by molar-refractivity contribution is 5.32. The van der Waals surface area contributed by atoms with Gasteiger partial charge in [-0.3, -0.25) is 4.68 Å². The van der Waals surface area contributed by atoms with Crippen LogP contribution in [0.2, 0.25) is 0 Å². The molecular weight excluding hydrogens is 240 g/mol. The first-order valence-electron chi connectivity index (χ1n) is 7.23. The maximum atomic E-state index is 11.1. The molecule has 4 nitrogen and oxygen atoms in total. The lowest BCUT2D eigenvalue weighted by atomic mass is 9.71. The third-order valence-corrected chi connectivity index (χ3v) is 4.56. The molecule has 0 saturated heterocycles. The van der Waals surface area contributed by atoms with Crippen molar-refractivity contribution in [3.05, 3.63) is 11.9 Å². The Bertz CT molecular complexity index is 441. The maximum Gasteiger partial charge on any atom is 0.162 e. The SMILES string of the molecule is COc1cnn(C(C)C)c1C1(O)CCC(C)C(C)C1. The van der Waals surface area contributed by atoms with Gasteiger partial charge in [-0.05, 0) is 44.9 Å². The molecule has 1 aliphatic carbocycles. The minimum Gasteiger partial charge on any atom is -0.493 e. The summed E-state index contributed by atoms with van der Waals surface area (Å²) in [6, 6.07) is 0.220. The summed E-state index contributed by atoms with van der Waals surface area (Å²) in [4.78, 5) is 0. The predicted molar refractivity (Wildman–Crippen MR) is 75.2 cm³/mol. The summed E-state index contributed by atoms with van der Waals surface area (Å²) in [6.07, 6.45) is 4.33. The molecule has 0 amide bonds. The van der Waals surface area contributed by atoms with Crippen LogP contribution in [0.5, 0.6) is 5.75 Å². The molecule has 1 aromatic heterocycles. The zero-order chi connectivity index (χ0) is 14.2. The van der Waals surface area contributed by atoms with Crippen molar-refractivity contribution in [1.82, 2.24) is 9.78 Å². The third kappa shape index (κ3) is 2.50. The monoisotopic (exact) mass is 266 g/mol. The largest absolute Gasteiger partial charge is 0.493 e. The fraction of sp³-hybridized carbons (Fsp3) is 0.800. The smallest absolute Gasteiger partial charge is 0.162 e. The molecule has 19 heavy (non-hydrogen) atoms. The van der Waals surface area contributed by atoms with Crippen LogP contribution in [0.25, 0.3) is 0 Å². The molecule has 1 aliphatic rings. The van der Waals surface area contributed by atoms with Gasteiger partial charge in [0.15, 0.2) is 5.75 Å². The molecule has 0 radical (unpaired) electrons. The highest BCUT2D eigenvalue weighted by Gasteiger charge is 2.42. The Morgan fingerprint density at radius 2 is 2.11 bits per heavy atom. The Hall–Kier alpha value is -1.03. The van der Waals surface area contributed by atoms with Gasteiger partial charge in [0.05, 0.1) is 13.3 Å². The van der Waals surface area contributed by atoms with Crippen molar-refractivity contribution in [2.24, 2.45) is 11.8 Å². The van der Waals surface area contributed by atoms with Gasteiger partial charge in [0, 0.05) is 6.04 Å². The number of methoxy groups -OCH3 is 1. The van der Waals surface area contributed by atoms with Gasteiger partial charge in [-0.15, -0.1) is 0 Å². The zero-order valence-corrected chi connectivity index (χ0v) is 12.7. The predicted octanol–water partition coefficient (Wildman–Crippen LogP) is 3.12. The van der Waals surface area contributed by atoms with Crippen molar-refractivity contribution in [3.63, 3.8) is 0 Å². The molecule has 3 unspecified atom stereocenters. The Labute approximate surface area is 115 Å². The van der Waals surface area contributed by atoms with Gasteiger partial charge in [0.25, 0.3) is 0 Å². The van der Waals surface area contributed by atoms with Crippen molar-refractivity contribution in [2.75, 3.05) is 7.11 Å². The van der Waals surface area contributed by atoms with Crippen LogP contribution in [0.4, 0.5) is 0 Å². The normalized spacial score (nSPS) is 31.7. The van der Waals surface area contributed by atoms with Gasteiger partial charge in [-0.1, -0.05) is 13.8 Å². The van der Waals surface area contributed by atoms with Crippen LogP contribution in [0.1, 0.15) is 58.7 Å². The molecule has 0 spiro atoms. The Morgan fingerprint density at radius 3 is 2.63 bits per heavy atom.